The van der Waals surface area contributed by atoms with E-state index in [0.717, 1.165) is 33.8 Å². The van der Waals surface area contributed by atoms with Crippen molar-refractivity contribution in [3.63, 3.8) is 0 Å². The van der Waals surface area contributed by atoms with Gasteiger partial charge < -0.3 is 9.88 Å². The summed E-state index contributed by atoms with van der Waals surface area (Å²) in [5.41, 5.74) is 2.68. The molecule has 5 rings (SSSR count). The van der Waals surface area contributed by atoms with Crippen LogP contribution < -0.4 is 5.32 Å². The first kappa shape index (κ1) is 22.8. The van der Waals surface area contributed by atoms with Crippen LogP contribution in [0.15, 0.2) is 93.8 Å². The highest BCUT2D eigenvalue weighted by molar-refractivity contribution is 8.18. The smallest absolute Gasteiger partial charge is 0.264 e. The highest BCUT2D eigenvalue weighted by Crippen LogP contribution is 2.31. The number of aliphatic imine (C=N–C) groups is 1. The van der Waals surface area contributed by atoms with E-state index >= 15 is 0 Å². The molecule has 0 saturated carbocycles. The number of fused-ring (bicyclic) bond motifs is 1. The highest BCUT2D eigenvalue weighted by Gasteiger charge is 2.24. The van der Waals surface area contributed by atoms with Crippen LogP contribution in [0.3, 0.4) is 0 Å². The van der Waals surface area contributed by atoms with Crippen molar-refractivity contribution in [1.29, 1.82) is 0 Å². The SMILES string of the molecule is O=C1NC(=Nc2ccc(F)cc2)S/C1=C\c1cn(CCSc2ccc(Cl)cc2)c2ccccc12. The topological polar surface area (TPSA) is 46.4 Å². The average molecular weight is 508 g/mol. The molecule has 0 unspecified atom stereocenters. The molecule has 4 nitrogen and oxygen atoms in total. The summed E-state index contributed by atoms with van der Waals surface area (Å²) >= 11 is 9.03. The minimum Gasteiger partial charge on any atom is -0.346 e. The molecule has 2 heterocycles. The molecule has 1 aliphatic heterocycles. The number of halogens is 2. The van der Waals surface area contributed by atoms with Crippen molar-refractivity contribution in [3.05, 3.63) is 100 Å². The van der Waals surface area contributed by atoms with Crippen molar-refractivity contribution in [2.75, 3.05) is 5.75 Å². The predicted octanol–water partition coefficient (Wildman–Crippen LogP) is 7.12. The summed E-state index contributed by atoms with van der Waals surface area (Å²) in [5.74, 6) is 0.386. The van der Waals surface area contributed by atoms with Crippen molar-refractivity contribution >= 4 is 68.9 Å². The van der Waals surface area contributed by atoms with Gasteiger partial charge in [-0.2, -0.15) is 0 Å². The highest BCUT2D eigenvalue weighted by atomic mass is 35.5. The molecule has 1 N–H and O–H groups in total. The van der Waals surface area contributed by atoms with Crippen molar-refractivity contribution < 1.29 is 9.18 Å². The van der Waals surface area contributed by atoms with Crippen molar-refractivity contribution in [2.24, 2.45) is 4.99 Å². The van der Waals surface area contributed by atoms with Crippen LogP contribution in [0.1, 0.15) is 5.56 Å². The van der Waals surface area contributed by atoms with E-state index in [1.165, 1.54) is 28.8 Å². The van der Waals surface area contributed by atoms with Gasteiger partial charge in [-0.15, -0.1) is 11.8 Å². The van der Waals surface area contributed by atoms with E-state index in [2.05, 4.69) is 33.2 Å². The fraction of sp³-hybridized carbons (Fsp3) is 0.0769. The first-order valence-corrected chi connectivity index (χ1v) is 12.7. The van der Waals surface area contributed by atoms with Gasteiger partial charge in [-0.3, -0.25) is 4.79 Å². The Bertz CT molecular complexity index is 1410. The fourth-order valence-electron chi connectivity index (χ4n) is 3.62. The van der Waals surface area contributed by atoms with E-state index in [1.54, 1.807) is 23.9 Å². The normalized spacial score (nSPS) is 16.0. The second-order valence-electron chi connectivity index (χ2n) is 7.56. The van der Waals surface area contributed by atoms with Gasteiger partial charge in [-0.05, 0) is 72.4 Å². The molecule has 8 heteroatoms. The number of aryl methyl sites for hydroxylation is 1. The summed E-state index contributed by atoms with van der Waals surface area (Å²) in [7, 11) is 0. The van der Waals surface area contributed by atoms with Crippen LogP contribution in [0.2, 0.25) is 5.02 Å². The van der Waals surface area contributed by atoms with Gasteiger partial charge in [0.05, 0.1) is 10.6 Å². The van der Waals surface area contributed by atoms with E-state index in [-0.39, 0.29) is 11.7 Å². The molecule has 1 fully saturated rings. The lowest BCUT2D eigenvalue weighted by Crippen LogP contribution is -2.19. The summed E-state index contributed by atoms with van der Waals surface area (Å²) in [4.78, 5) is 18.7. The van der Waals surface area contributed by atoms with Crippen LogP contribution in [-0.2, 0) is 11.3 Å². The van der Waals surface area contributed by atoms with Crippen LogP contribution in [0.4, 0.5) is 10.1 Å². The Morgan fingerprint density at radius 3 is 2.62 bits per heavy atom. The number of amides is 1. The maximum Gasteiger partial charge on any atom is 0.264 e. The van der Waals surface area contributed by atoms with Gasteiger partial charge in [0.15, 0.2) is 5.17 Å². The number of hydrogen-bond donors (Lipinski definition) is 1. The summed E-state index contributed by atoms with van der Waals surface area (Å²) in [6.45, 7) is 0.827. The summed E-state index contributed by atoms with van der Waals surface area (Å²) in [6, 6.07) is 21.9. The number of aromatic nitrogens is 1. The van der Waals surface area contributed by atoms with Crippen molar-refractivity contribution in [3.8, 4) is 0 Å². The first-order chi connectivity index (χ1) is 16.5. The predicted molar refractivity (Wildman–Crippen MR) is 141 cm³/mol. The third-order valence-corrected chi connectivity index (χ3v) is 7.38. The molecule has 3 aromatic carbocycles. The Labute approximate surface area is 209 Å². The van der Waals surface area contributed by atoms with Gasteiger partial charge in [0.2, 0.25) is 0 Å². The number of benzene rings is 3. The molecule has 1 aromatic heterocycles. The number of nitrogens with one attached hydrogen (secondary N) is 1. The van der Waals surface area contributed by atoms with Gasteiger partial charge in [-0.1, -0.05) is 29.8 Å². The molecule has 1 saturated heterocycles. The molecule has 1 aliphatic rings. The number of rotatable bonds is 6. The van der Waals surface area contributed by atoms with E-state index in [1.807, 2.05) is 42.5 Å². The molecule has 0 bridgehead atoms. The molecule has 34 heavy (non-hydrogen) atoms. The minimum absolute atomic E-state index is 0.194. The number of amidine groups is 1. The number of carbonyl (C=O) groups is 1. The number of hydrogen-bond acceptors (Lipinski definition) is 4. The lowest BCUT2D eigenvalue weighted by atomic mass is 10.1. The van der Waals surface area contributed by atoms with Crippen LogP contribution >= 0.6 is 35.1 Å². The third-order valence-electron chi connectivity index (χ3n) is 5.23. The lowest BCUT2D eigenvalue weighted by Gasteiger charge is -2.05. The maximum atomic E-state index is 13.1. The largest absolute Gasteiger partial charge is 0.346 e. The first-order valence-electron chi connectivity index (χ1n) is 10.6. The Hall–Kier alpha value is -3.00. The zero-order valence-corrected chi connectivity index (χ0v) is 20.3. The molecule has 0 aliphatic carbocycles. The average Bonchev–Trinajstić information content (AvgIpc) is 3.36. The lowest BCUT2D eigenvalue weighted by molar-refractivity contribution is -0.115. The standard InChI is InChI=1S/C26H19ClFN3OS2/c27-18-5-11-21(12-6-18)33-14-13-31-16-17(22-3-1-2-4-23(22)31)15-24-25(32)30-26(34-24)29-20-9-7-19(28)8-10-20/h1-12,15-16H,13-14H2,(H,29,30,32)/b24-15-. The van der Waals surface area contributed by atoms with Gasteiger partial charge in [-0.25, -0.2) is 9.38 Å². The van der Waals surface area contributed by atoms with Gasteiger partial charge in [0.1, 0.15) is 5.82 Å². The monoisotopic (exact) mass is 507 g/mol. The van der Waals surface area contributed by atoms with E-state index in [0.29, 0.717) is 15.8 Å². The van der Waals surface area contributed by atoms with Crippen LogP contribution in [0, 0.1) is 5.82 Å². The van der Waals surface area contributed by atoms with E-state index < -0.39 is 0 Å². The van der Waals surface area contributed by atoms with Crippen molar-refractivity contribution in [1.82, 2.24) is 9.88 Å². The Morgan fingerprint density at radius 1 is 1.06 bits per heavy atom. The number of carbonyl (C=O) groups excluding carboxylic acids is 1. The second kappa shape index (κ2) is 10.1. The molecule has 1 amide bonds. The second-order valence-corrected chi connectivity index (χ2v) is 10.2. The summed E-state index contributed by atoms with van der Waals surface area (Å²) < 4.78 is 15.4. The summed E-state index contributed by atoms with van der Waals surface area (Å²) in [6.07, 6.45) is 3.99. The fourth-order valence-corrected chi connectivity index (χ4v) is 5.43. The zero-order valence-electron chi connectivity index (χ0n) is 17.9. The molecule has 170 valence electrons. The molecular weight excluding hydrogens is 489 g/mol. The van der Waals surface area contributed by atoms with Crippen LogP contribution in [0.5, 0.6) is 0 Å². The number of thioether (sulfide) groups is 2. The van der Waals surface area contributed by atoms with E-state index in [9.17, 15) is 9.18 Å². The van der Waals surface area contributed by atoms with Crippen molar-refractivity contribution in [2.45, 2.75) is 11.4 Å². The van der Waals surface area contributed by atoms with Crippen LogP contribution in [-0.4, -0.2) is 21.4 Å². The zero-order chi connectivity index (χ0) is 23.5. The van der Waals surface area contributed by atoms with Gasteiger partial charge in [0, 0.05) is 44.9 Å². The molecule has 0 spiro atoms. The number of para-hydroxylation sites is 1. The Morgan fingerprint density at radius 2 is 1.82 bits per heavy atom. The number of nitrogens with zero attached hydrogens (tertiary/aromatic N) is 2. The third kappa shape index (κ3) is 5.22. The Balaban J connectivity index is 1.35. The molecule has 0 atom stereocenters. The van der Waals surface area contributed by atoms with Crippen LogP contribution in [0.25, 0.3) is 17.0 Å². The van der Waals surface area contributed by atoms with Gasteiger partial charge in [0.25, 0.3) is 5.91 Å². The van der Waals surface area contributed by atoms with E-state index in [4.69, 9.17) is 11.6 Å². The molecule has 0 radical (unpaired) electrons. The quantitative estimate of drug-likeness (QED) is 0.223. The molecule has 4 aromatic rings. The summed E-state index contributed by atoms with van der Waals surface area (Å²) in [5, 5.41) is 5.09. The molecular formula is C26H19ClFN3OS2. The minimum atomic E-state index is -0.324. The Kier molecular flexibility index (Phi) is 6.76. The maximum absolute atomic E-state index is 13.1. The van der Waals surface area contributed by atoms with Gasteiger partial charge >= 0.3 is 0 Å².